The molecule has 0 saturated carbocycles. The molecule has 2 aromatic rings. The van der Waals surface area contributed by atoms with E-state index in [4.69, 9.17) is 0 Å². The largest absolute Gasteiger partial charge is 0.358 e. The quantitative estimate of drug-likeness (QED) is 0.816. The average molecular weight is 241 g/mol. The summed E-state index contributed by atoms with van der Waals surface area (Å²) in [5.41, 5.74) is 6.07. The van der Waals surface area contributed by atoms with Crippen LogP contribution in [0.15, 0.2) is 16.9 Å². The number of nitrogens with one attached hydrogen (secondary N) is 1. The molecular formula is C16H19NO. The highest BCUT2D eigenvalue weighted by atomic mass is 16.1. The van der Waals surface area contributed by atoms with Crippen molar-refractivity contribution in [1.82, 2.24) is 4.98 Å². The third-order valence-corrected chi connectivity index (χ3v) is 4.20. The van der Waals surface area contributed by atoms with E-state index in [-0.39, 0.29) is 5.43 Å². The second kappa shape index (κ2) is 4.27. The Morgan fingerprint density at radius 3 is 2.78 bits per heavy atom. The van der Waals surface area contributed by atoms with Crippen molar-refractivity contribution in [2.24, 2.45) is 0 Å². The van der Waals surface area contributed by atoms with Crippen LogP contribution >= 0.6 is 0 Å². The highest BCUT2D eigenvalue weighted by Gasteiger charge is 2.15. The molecule has 18 heavy (non-hydrogen) atoms. The summed E-state index contributed by atoms with van der Waals surface area (Å²) in [7, 11) is 0. The van der Waals surface area contributed by atoms with E-state index in [1.54, 1.807) is 0 Å². The number of aromatic nitrogens is 1. The van der Waals surface area contributed by atoms with Gasteiger partial charge >= 0.3 is 0 Å². The van der Waals surface area contributed by atoms with Crippen LogP contribution in [-0.4, -0.2) is 4.98 Å². The number of benzene rings is 1. The summed E-state index contributed by atoms with van der Waals surface area (Å²) < 4.78 is 0. The van der Waals surface area contributed by atoms with Gasteiger partial charge in [-0.05, 0) is 56.2 Å². The molecule has 0 saturated heterocycles. The van der Waals surface area contributed by atoms with Crippen LogP contribution in [0.2, 0.25) is 0 Å². The lowest BCUT2D eigenvalue weighted by Gasteiger charge is -2.18. The number of H-pyrrole nitrogens is 1. The Bertz CT molecular complexity index is 667. The predicted molar refractivity (Wildman–Crippen MR) is 75.3 cm³/mol. The summed E-state index contributed by atoms with van der Waals surface area (Å²) >= 11 is 0. The third kappa shape index (κ3) is 1.59. The van der Waals surface area contributed by atoms with Gasteiger partial charge in [-0.3, -0.25) is 4.79 Å². The van der Waals surface area contributed by atoms with Crippen LogP contribution in [-0.2, 0) is 19.3 Å². The summed E-state index contributed by atoms with van der Waals surface area (Å²) in [5.74, 6) is 0. The topological polar surface area (TPSA) is 32.9 Å². The number of pyridine rings is 1. The van der Waals surface area contributed by atoms with Gasteiger partial charge in [-0.1, -0.05) is 13.0 Å². The van der Waals surface area contributed by atoms with Crippen LogP contribution in [0.3, 0.4) is 0 Å². The maximum absolute atomic E-state index is 12.4. The molecule has 0 aliphatic heterocycles. The first kappa shape index (κ1) is 11.5. The number of hydrogen-bond donors (Lipinski definition) is 1. The first-order valence-electron chi connectivity index (χ1n) is 6.88. The Morgan fingerprint density at radius 1 is 1.22 bits per heavy atom. The minimum Gasteiger partial charge on any atom is -0.358 e. The molecular weight excluding hydrogens is 222 g/mol. The summed E-state index contributed by atoms with van der Waals surface area (Å²) in [4.78, 5) is 15.9. The van der Waals surface area contributed by atoms with Crippen molar-refractivity contribution in [3.63, 3.8) is 0 Å². The molecule has 94 valence electrons. The lowest BCUT2D eigenvalue weighted by molar-refractivity contribution is 0.688. The molecule has 2 heteroatoms. The fourth-order valence-corrected chi connectivity index (χ4v) is 3.10. The van der Waals surface area contributed by atoms with E-state index in [0.717, 1.165) is 41.4 Å². The number of hydrogen-bond acceptors (Lipinski definition) is 1. The van der Waals surface area contributed by atoms with Gasteiger partial charge in [0.25, 0.3) is 0 Å². The van der Waals surface area contributed by atoms with E-state index >= 15 is 0 Å². The minimum atomic E-state index is 0.203. The zero-order valence-corrected chi connectivity index (χ0v) is 11.1. The fraction of sp³-hybridized carbons (Fsp3) is 0.438. The van der Waals surface area contributed by atoms with Crippen molar-refractivity contribution in [1.29, 1.82) is 0 Å². The molecule has 1 aromatic carbocycles. The van der Waals surface area contributed by atoms with Crippen LogP contribution in [0.4, 0.5) is 0 Å². The van der Waals surface area contributed by atoms with E-state index in [2.05, 4.69) is 18.0 Å². The number of fused-ring (bicyclic) bond motifs is 3. The van der Waals surface area contributed by atoms with Gasteiger partial charge in [0.1, 0.15) is 0 Å². The van der Waals surface area contributed by atoms with Gasteiger partial charge in [0.05, 0.1) is 5.52 Å². The molecule has 0 atom stereocenters. The number of aryl methyl sites for hydroxylation is 3. The Labute approximate surface area is 107 Å². The molecule has 1 aliphatic carbocycles. The Hall–Kier alpha value is -1.57. The maximum atomic E-state index is 12.4. The van der Waals surface area contributed by atoms with Crippen molar-refractivity contribution >= 4 is 10.9 Å². The summed E-state index contributed by atoms with van der Waals surface area (Å²) in [6, 6.07) is 4.15. The van der Waals surface area contributed by atoms with E-state index in [1.807, 2.05) is 13.0 Å². The van der Waals surface area contributed by atoms with Crippen LogP contribution in [0.1, 0.15) is 42.1 Å². The van der Waals surface area contributed by atoms with Crippen LogP contribution in [0.5, 0.6) is 0 Å². The zero-order chi connectivity index (χ0) is 12.7. The standard InChI is InChI=1S/C16H19NO/c1-3-14-10(2)16(18)13-9-8-11-6-4-5-7-12(11)15(13)17-14/h8-9H,3-7H2,1-2H3,(H,17,18). The summed E-state index contributed by atoms with van der Waals surface area (Å²) in [6.07, 6.45) is 5.66. The first-order chi connectivity index (χ1) is 8.72. The molecule has 1 aliphatic rings. The lowest BCUT2D eigenvalue weighted by atomic mass is 9.89. The van der Waals surface area contributed by atoms with Gasteiger partial charge in [-0.2, -0.15) is 0 Å². The maximum Gasteiger partial charge on any atom is 0.192 e. The molecule has 1 N–H and O–H groups in total. The highest BCUT2D eigenvalue weighted by molar-refractivity contribution is 5.84. The zero-order valence-electron chi connectivity index (χ0n) is 11.1. The molecule has 0 spiro atoms. The van der Waals surface area contributed by atoms with Gasteiger partial charge in [0, 0.05) is 16.6 Å². The van der Waals surface area contributed by atoms with E-state index in [9.17, 15) is 4.79 Å². The Balaban J connectivity index is 2.41. The van der Waals surface area contributed by atoms with E-state index in [0.29, 0.717) is 0 Å². The monoisotopic (exact) mass is 241 g/mol. The molecule has 0 bridgehead atoms. The van der Waals surface area contributed by atoms with Gasteiger partial charge in [0.2, 0.25) is 0 Å². The van der Waals surface area contributed by atoms with Crippen molar-refractivity contribution in [3.05, 3.63) is 44.7 Å². The molecule has 1 aromatic heterocycles. The normalized spacial score (nSPS) is 14.8. The molecule has 0 amide bonds. The molecule has 2 nitrogen and oxygen atoms in total. The van der Waals surface area contributed by atoms with Crippen molar-refractivity contribution in [2.45, 2.75) is 46.0 Å². The minimum absolute atomic E-state index is 0.203. The van der Waals surface area contributed by atoms with Crippen molar-refractivity contribution < 1.29 is 0 Å². The van der Waals surface area contributed by atoms with Crippen molar-refractivity contribution in [2.75, 3.05) is 0 Å². The van der Waals surface area contributed by atoms with Gasteiger partial charge in [-0.15, -0.1) is 0 Å². The lowest BCUT2D eigenvalue weighted by Crippen LogP contribution is -2.14. The number of aromatic amines is 1. The second-order valence-corrected chi connectivity index (χ2v) is 5.24. The number of rotatable bonds is 1. The van der Waals surface area contributed by atoms with Crippen LogP contribution < -0.4 is 5.43 Å². The SMILES string of the molecule is CCc1[nH]c2c3c(ccc2c(=O)c1C)CCCC3. The molecule has 3 rings (SSSR count). The average Bonchev–Trinajstić information content (AvgIpc) is 2.42. The van der Waals surface area contributed by atoms with Crippen molar-refractivity contribution in [3.8, 4) is 0 Å². The second-order valence-electron chi connectivity index (χ2n) is 5.24. The fourth-order valence-electron chi connectivity index (χ4n) is 3.10. The molecule has 0 unspecified atom stereocenters. The van der Waals surface area contributed by atoms with Crippen LogP contribution in [0, 0.1) is 6.92 Å². The summed E-state index contributed by atoms with van der Waals surface area (Å²) in [5, 5.41) is 0.866. The Kier molecular flexibility index (Phi) is 2.73. The van der Waals surface area contributed by atoms with E-state index < -0.39 is 0 Å². The van der Waals surface area contributed by atoms with Gasteiger partial charge in [0.15, 0.2) is 5.43 Å². The summed E-state index contributed by atoms with van der Waals surface area (Å²) in [6.45, 7) is 4.02. The van der Waals surface area contributed by atoms with Gasteiger partial charge < -0.3 is 4.98 Å². The van der Waals surface area contributed by atoms with Gasteiger partial charge in [-0.25, -0.2) is 0 Å². The molecule has 0 radical (unpaired) electrons. The highest BCUT2D eigenvalue weighted by Crippen LogP contribution is 2.27. The third-order valence-electron chi connectivity index (χ3n) is 4.20. The smallest absolute Gasteiger partial charge is 0.192 e. The molecule has 1 heterocycles. The van der Waals surface area contributed by atoms with E-state index in [1.165, 1.54) is 24.0 Å². The molecule has 0 fully saturated rings. The van der Waals surface area contributed by atoms with Crippen LogP contribution in [0.25, 0.3) is 10.9 Å². The first-order valence-corrected chi connectivity index (χ1v) is 6.88. The Morgan fingerprint density at radius 2 is 2.00 bits per heavy atom. The predicted octanol–water partition coefficient (Wildman–Crippen LogP) is 3.28.